The second kappa shape index (κ2) is 9.01. The van der Waals surface area contributed by atoms with Gasteiger partial charge in [-0.1, -0.05) is 43.0 Å². The second-order valence-electron chi connectivity index (χ2n) is 6.54. The van der Waals surface area contributed by atoms with Crippen molar-refractivity contribution in [1.29, 1.82) is 0 Å². The van der Waals surface area contributed by atoms with Gasteiger partial charge in [0.25, 0.3) is 5.56 Å². The Morgan fingerprint density at radius 3 is 2.75 bits per heavy atom. The predicted molar refractivity (Wildman–Crippen MR) is 110 cm³/mol. The number of nitrogens with zero attached hydrogens (tertiary/aromatic N) is 3. The molecular weight excluding hydrogens is 377 g/mol. The molecule has 0 saturated heterocycles. The standard InChI is InChI=1S/C21H22FN3O2S/c1-3-11-25-20(27)17-9-4-5-10-18(17)23-21(25)28-14-19(26)24(2)13-15-7-6-8-16(22)12-15/h4-10,12H,3,11,13-14H2,1-2H3. The van der Waals surface area contributed by atoms with Crippen molar-refractivity contribution in [3.05, 3.63) is 70.3 Å². The van der Waals surface area contributed by atoms with E-state index in [4.69, 9.17) is 0 Å². The van der Waals surface area contributed by atoms with E-state index in [0.29, 0.717) is 29.1 Å². The third kappa shape index (κ3) is 4.59. The lowest BCUT2D eigenvalue weighted by Gasteiger charge is -2.18. The van der Waals surface area contributed by atoms with Gasteiger partial charge in [0.1, 0.15) is 5.82 Å². The summed E-state index contributed by atoms with van der Waals surface area (Å²) in [5.41, 5.74) is 1.27. The molecule has 0 radical (unpaired) electrons. The average Bonchev–Trinajstić information content (AvgIpc) is 2.68. The molecule has 0 bridgehead atoms. The maximum atomic E-state index is 13.3. The highest BCUT2D eigenvalue weighted by atomic mass is 32.2. The highest BCUT2D eigenvalue weighted by Gasteiger charge is 2.15. The summed E-state index contributed by atoms with van der Waals surface area (Å²) in [4.78, 5) is 31.4. The minimum Gasteiger partial charge on any atom is -0.341 e. The van der Waals surface area contributed by atoms with E-state index in [1.165, 1.54) is 23.9 Å². The van der Waals surface area contributed by atoms with E-state index < -0.39 is 0 Å². The lowest BCUT2D eigenvalue weighted by Crippen LogP contribution is -2.29. The first kappa shape index (κ1) is 20.1. The van der Waals surface area contributed by atoms with Gasteiger partial charge >= 0.3 is 0 Å². The molecule has 1 aromatic heterocycles. The van der Waals surface area contributed by atoms with Crippen molar-refractivity contribution in [1.82, 2.24) is 14.5 Å². The van der Waals surface area contributed by atoms with Gasteiger partial charge in [0, 0.05) is 20.1 Å². The lowest BCUT2D eigenvalue weighted by atomic mass is 10.2. The molecular formula is C21H22FN3O2S. The Kier molecular flexibility index (Phi) is 6.46. The highest BCUT2D eigenvalue weighted by Crippen LogP contribution is 2.19. The van der Waals surface area contributed by atoms with Gasteiger partial charge in [-0.3, -0.25) is 14.2 Å². The number of hydrogen-bond acceptors (Lipinski definition) is 4. The normalized spacial score (nSPS) is 11.0. The Balaban J connectivity index is 1.75. The van der Waals surface area contributed by atoms with E-state index in [1.807, 2.05) is 19.1 Å². The van der Waals surface area contributed by atoms with Gasteiger partial charge in [0.2, 0.25) is 5.91 Å². The summed E-state index contributed by atoms with van der Waals surface area (Å²) in [7, 11) is 1.68. The smallest absolute Gasteiger partial charge is 0.262 e. The molecule has 0 aliphatic carbocycles. The zero-order valence-electron chi connectivity index (χ0n) is 15.9. The monoisotopic (exact) mass is 399 g/mol. The number of halogens is 1. The topological polar surface area (TPSA) is 55.2 Å². The van der Waals surface area contributed by atoms with Crippen LogP contribution < -0.4 is 5.56 Å². The molecule has 0 aliphatic rings. The van der Waals surface area contributed by atoms with Gasteiger partial charge in [0.05, 0.1) is 16.7 Å². The Bertz CT molecular complexity index is 1050. The molecule has 1 amide bonds. The quantitative estimate of drug-likeness (QED) is 0.449. The Morgan fingerprint density at radius 1 is 1.21 bits per heavy atom. The van der Waals surface area contributed by atoms with Crippen molar-refractivity contribution in [2.75, 3.05) is 12.8 Å². The molecule has 0 unspecified atom stereocenters. The first-order valence-corrected chi connectivity index (χ1v) is 10.1. The third-order valence-corrected chi connectivity index (χ3v) is 5.29. The lowest BCUT2D eigenvalue weighted by molar-refractivity contribution is -0.127. The third-order valence-electron chi connectivity index (χ3n) is 4.33. The van der Waals surface area contributed by atoms with E-state index in [9.17, 15) is 14.0 Å². The number of fused-ring (bicyclic) bond motifs is 1. The molecule has 0 aliphatic heterocycles. The summed E-state index contributed by atoms with van der Waals surface area (Å²) in [6, 6.07) is 13.4. The van der Waals surface area contributed by atoms with Crippen LogP contribution in [0.5, 0.6) is 0 Å². The number of amides is 1. The Hall–Kier alpha value is -2.67. The molecule has 146 valence electrons. The van der Waals surface area contributed by atoms with Crippen molar-refractivity contribution in [3.63, 3.8) is 0 Å². The fourth-order valence-electron chi connectivity index (χ4n) is 2.91. The number of aromatic nitrogens is 2. The number of hydrogen-bond donors (Lipinski definition) is 0. The molecule has 2 aromatic carbocycles. The van der Waals surface area contributed by atoms with Crippen molar-refractivity contribution >= 4 is 28.6 Å². The largest absolute Gasteiger partial charge is 0.341 e. The summed E-state index contributed by atoms with van der Waals surface area (Å²) in [5, 5.41) is 1.12. The SMILES string of the molecule is CCCn1c(SCC(=O)N(C)Cc2cccc(F)c2)nc2ccccc2c1=O. The average molecular weight is 399 g/mol. The van der Waals surface area contributed by atoms with Crippen LogP contribution in [-0.2, 0) is 17.9 Å². The van der Waals surface area contributed by atoms with Crippen LogP contribution in [-0.4, -0.2) is 33.2 Å². The first-order valence-electron chi connectivity index (χ1n) is 9.10. The molecule has 3 rings (SSSR count). The minimum atomic E-state index is -0.323. The van der Waals surface area contributed by atoms with E-state index in [1.54, 1.807) is 40.8 Å². The highest BCUT2D eigenvalue weighted by molar-refractivity contribution is 7.99. The molecule has 0 saturated carbocycles. The van der Waals surface area contributed by atoms with Crippen LogP contribution >= 0.6 is 11.8 Å². The van der Waals surface area contributed by atoms with Gasteiger partial charge in [-0.2, -0.15) is 0 Å². The number of carbonyl (C=O) groups excluding carboxylic acids is 1. The van der Waals surface area contributed by atoms with Crippen LogP contribution in [0.4, 0.5) is 4.39 Å². The van der Waals surface area contributed by atoms with Crippen molar-refractivity contribution in [2.45, 2.75) is 31.6 Å². The fourth-order valence-corrected chi connectivity index (χ4v) is 3.88. The van der Waals surface area contributed by atoms with E-state index >= 15 is 0 Å². The molecule has 28 heavy (non-hydrogen) atoms. The second-order valence-corrected chi connectivity index (χ2v) is 7.48. The summed E-state index contributed by atoms with van der Waals surface area (Å²) >= 11 is 1.25. The van der Waals surface area contributed by atoms with E-state index in [2.05, 4.69) is 4.98 Å². The number of rotatable bonds is 7. The molecule has 7 heteroatoms. The predicted octanol–water partition coefficient (Wildman–Crippen LogP) is 3.70. The van der Waals surface area contributed by atoms with Gasteiger partial charge in [0.15, 0.2) is 5.16 Å². The van der Waals surface area contributed by atoms with Gasteiger partial charge < -0.3 is 4.90 Å². The molecule has 1 heterocycles. The number of carbonyl (C=O) groups is 1. The van der Waals surface area contributed by atoms with Crippen LogP contribution in [0.1, 0.15) is 18.9 Å². The van der Waals surface area contributed by atoms with Gasteiger partial charge in [-0.15, -0.1) is 0 Å². The van der Waals surface area contributed by atoms with Crippen molar-refractivity contribution in [3.8, 4) is 0 Å². The van der Waals surface area contributed by atoms with Crippen LogP contribution in [0.25, 0.3) is 10.9 Å². The van der Waals surface area contributed by atoms with Crippen LogP contribution in [0.2, 0.25) is 0 Å². The minimum absolute atomic E-state index is 0.0875. The number of para-hydroxylation sites is 1. The van der Waals surface area contributed by atoms with Crippen molar-refractivity contribution in [2.24, 2.45) is 0 Å². The molecule has 0 N–H and O–H groups in total. The zero-order valence-corrected chi connectivity index (χ0v) is 16.7. The Labute approximate surface area is 167 Å². The number of benzene rings is 2. The molecule has 3 aromatic rings. The zero-order chi connectivity index (χ0) is 20.1. The van der Waals surface area contributed by atoms with Gasteiger partial charge in [-0.25, -0.2) is 9.37 Å². The van der Waals surface area contributed by atoms with E-state index in [-0.39, 0.29) is 23.0 Å². The molecule has 0 spiro atoms. The van der Waals surface area contributed by atoms with Crippen LogP contribution in [0.3, 0.4) is 0 Å². The van der Waals surface area contributed by atoms with E-state index in [0.717, 1.165) is 12.0 Å². The summed E-state index contributed by atoms with van der Waals surface area (Å²) in [6.45, 7) is 2.87. The Morgan fingerprint density at radius 2 is 2.00 bits per heavy atom. The molecule has 0 atom stereocenters. The maximum absolute atomic E-state index is 13.3. The number of thioether (sulfide) groups is 1. The summed E-state index contributed by atoms with van der Waals surface area (Å²) in [5.74, 6) is -0.281. The maximum Gasteiger partial charge on any atom is 0.262 e. The summed E-state index contributed by atoms with van der Waals surface area (Å²) in [6.07, 6.45) is 0.793. The molecule has 0 fully saturated rings. The van der Waals surface area contributed by atoms with Crippen molar-refractivity contribution < 1.29 is 9.18 Å². The van der Waals surface area contributed by atoms with Gasteiger partial charge in [-0.05, 0) is 36.2 Å². The summed E-state index contributed by atoms with van der Waals surface area (Å²) < 4.78 is 15.0. The van der Waals surface area contributed by atoms with Crippen LogP contribution in [0.15, 0.2) is 58.5 Å². The van der Waals surface area contributed by atoms with Crippen LogP contribution in [0, 0.1) is 5.82 Å². The fraction of sp³-hybridized carbons (Fsp3) is 0.286. The first-order chi connectivity index (χ1) is 13.5. The molecule has 5 nitrogen and oxygen atoms in total.